The summed E-state index contributed by atoms with van der Waals surface area (Å²) in [5.74, 6) is 19.9. The van der Waals surface area contributed by atoms with Crippen LogP contribution in [0, 0.1) is 35.5 Å². The maximum absolute atomic E-state index is 3.41. The van der Waals surface area contributed by atoms with Crippen LogP contribution < -0.4 is 0 Å². The summed E-state index contributed by atoms with van der Waals surface area (Å²) in [6.45, 7) is 0. The summed E-state index contributed by atoms with van der Waals surface area (Å²) in [5.41, 5.74) is 5.73. The predicted octanol–water partition coefficient (Wildman–Crippen LogP) is 7.04. The monoisotopic (exact) mass is 428 g/mol. The van der Waals surface area contributed by atoms with E-state index in [4.69, 9.17) is 0 Å². The molecule has 0 saturated carbocycles. The van der Waals surface area contributed by atoms with Crippen molar-refractivity contribution in [2.45, 2.75) is 0 Å². The summed E-state index contributed by atoms with van der Waals surface area (Å²) in [6.07, 6.45) is 0. The van der Waals surface area contributed by atoms with Gasteiger partial charge in [0.1, 0.15) is 0 Å². The Hall–Kier alpha value is -4.96. The van der Waals surface area contributed by atoms with Crippen LogP contribution in [0.3, 0.4) is 0 Å². The van der Waals surface area contributed by atoms with E-state index < -0.39 is 0 Å². The van der Waals surface area contributed by atoms with Crippen LogP contribution in [0.1, 0.15) is 33.4 Å². The van der Waals surface area contributed by atoms with E-state index in [9.17, 15) is 0 Å². The van der Waals surface area contributed by atoms with Gasteiger partial charge in [0.05, 0.1) is 0 Å². The van der Waals surface area contributed by atoms with Gasteiger partial charge in [-0.2, -0.15) is 0 Å². The predicted molar refractivity (Wildman–Crippen MR) is 141 cm³/mol. The number of fused-ring (bicyclic) bond motifs is 1. The molecular weight excluding hydrogens is 408 g/mol. The molecule has 0 fully saturated rings. The Bertz CT molecular complexity index is 1620. The van der Waals surface area contributed by atoms with Gasteiger partial charge in [-0.25, -0.2) is 0 Å². The molecular formula is C34H20. The van der Waals surface area contributed by atoms with Crippen molar-refractivity contribution >= 4 is 10.8 Å². The molecule has 0 saturated heterocycles. The van der Waals surface area contributed by atoms with Gasteiger partial charge in [0.25, 0.3) is 0 Å². The molecule has 0 N–H and O–H groups in total. The molecule has 0 spiro atoms. The van der Waals surface area contributed by atoms with E-state index in [1.807, 2.05) is 91.0 Å². The fourth-order valence-corrected chi connectivity index (χ4v) is 3.62. The number of rotatable bonds is 0. The third-order valence-corrected chi connectivity index (χ3v) is 5.37. The first kappa shape index (κ1) is 20.9. The fourth-order valence-electron chi connectivity index (χ4n) is 3.62. The van der Waals surface area contributed by atoms with E-state index >= 15 is 0 Å². The maximum Gasteiger partial charge on any atom is 0.0484 e. The molecule has 0 aliphatic carbocycles. The number of hydrogen-bond donors (Lipinski definition) is 0. The largest absolute Gasteiger partial charge is 0.0622 e. The Kier molecular flexibility index (Phi) is 6.22. The van der Waals surface area contributed by atoms with Crippen LogP contribution in [0.5, 0.6) is 0 Å². The molecule has 5 aromatic carbocycles. The zero-order valence-electron chi connectivity index (χ0n) is 18.5. The minimum absolute atomic E-state index is 0.910. The lowest BCUT2D eigenvalue weighted by molar-refractivity contribution is 1.60. The molecule has 34 heavy (non-hydrogen) atoms. The Labute approximate surface area is 200 Å². The molecule has 0 aliphatic heterocycles. The van der Waals surface area contributed by atoms with Gasteiger partial charge in [0.15, 0.2) is 0 Å². The SMILES string of the molecule is C(#Cc1ccc2ccc(C#Cc3ccccc3)c(C#Cc3ccccc3)c2c1)c1ccccc1. The molecule has 0 amide bonds. The third-order valence-electron chi connectivity index (χ3n) is 5.37. The van der Waals surface area contributed by atoms with Crippen molar-refractivity contribution < 1.29 is 0 Å². The Balaban J connectivity index is 1.64. The van der Waals surface area contributed by atoms with Gasteiger partial charge in [0.2, 0.25) is 0 Å². The highest BCUT2D eigenvalue weighted by Crippen LogP contribution is 2.23. The first-order chi connectivity index (χ1) is 16.8. The smallest absolute Gasteiger partial charge is 0.0484 e. The highest BCUT2D eigenvalue weighted by atomic mass is 14.1. The van der Waals surface area contributed by atoms with Gasteiger partial charge in [0, 0.05) is 33.4 Å². The number of benzene rings is 5. The molecule has 0 bridgehead atoms. The first-order valence-electron chi connectivity index (χ1n) is 11.1. The Morgan fingerprint density at radius 1 is 0.353 bits per heavy atom. The van der Waals surface area contributed by atoms with Crippen molar-refractivity contribution in [1.29, 1.82) is 0 Å². The fraction of sp³-hybridized carbons (Fsp3) is 0. The van der Waals surface area contributed by atoms with Gasteiger partial charge in [-0.1, -0.05) is 102 Å². The molecule has 0 aromatic heterocycles. The zero-order chi connectivity index (χ0) is 23.0. The van der Waals surface area contributed by atoms with Crippen LogP contribution in [0.25, 0.3) is 10.8 Å². The first-order valence-corrected chi connectivity index (χ1v) is 11.1. The molecule has 0 nitrogen and oxygen atoms in total. The third kappa shape index (κ3) is 5.09. The standard InChI is InChI=1S/C34H20/c1-4-10-27(11-5-1)16-17-30-19-22-32-24-23-31(21-18-28-12-6-2-7-13-28)33(34(32)26-30)25-20-29-14-8-3-9-15-29/h1-15,19,22-24,26H. The van der Waals surface area contributed by atoms with E-state index in [2.05, 4.69) is 65.9 Å². The van der Waals surface area contributed by atoms with Crippen molar-refractivity contribution in [3.05, 3.63) is 155 Å². The van der Waals surface area contributed by atoms with Gasteiger partial charge in [-0.3, -0.25) is 0 Å². The second kappa shape index (κ2) is 10.1. The van der Waals surface area contributed by atoms with E-state index in [1.165, 1.54) is 0 Å². The highest BCUT2D eigenvalue weighted by molar-refractivity contribution is 5.91. The summed E-state index contributed by atoms with van der Waals surface area (Å²) < 4.78 is 0. The molecule has 156 valence electrons. The van der Waals surface area contributed by atoms with Gasteiger partial charge in [-0.05, 0) is 65.4 Å². The maximum atomic E-state index is 3.41. The molecule has 0 radical (unpaired) electrons. The summed E-state index contributed by atoms with van der Waals surface area (Å²) >= 11 is 0. The second-order valence-corrected chi connectivity index (χ2v) is 7.77. The lowest BCUT2D eigenvalue weighted by Gasteiger charge is -2.05. The van der Waals surface area contributed by atoms with Crippen molar-refractivity contribution in [3.8, 4) is 35.5 Å². The van der Waals surface area contributed by atoms with E-state index in [0.29, 0.717) is 0 Å². The molecule has 0 unspecified atom stereocenters. The molecule has 0 aliphatic rings. The molecule has 0 atom stereocenters. The zero-order valence-corrected chi connectivity index (χ0v) is 18.5. The minimum atomic E-state index is 0.910. The Morgan fingerprint density at radius 2 is 0.824 bits per heavy atom. The van der Waals surface area contributed by atoms with E-state index in [1.54, 1.807) is 0 Å². The van der Waals surface area contributed by atoms with E-state index in [-0.39, 0.29) is 0 Å². The van der Waals surface area contributed by atoms with Crippen molar-refractivity contribution in [2.75, 3.05) is 0 Å². The van der Waals surface area contributed by atoms with Crippen LogP contribution in [0.15, 0.2) is 121 Å². The number of hydrogen-bond acceptors (Lipinski definition) is 0. The summed E-state index contributed by atoms with van der Waals surface area (Å²) in [4.78, 5) is 0. The quantitative estimate of drug-likeness (QED) is 0.232. The van der Waals surface area contributed by atoms with Crippen LogP contribution in [0.2, 0.25) is 0 Å². The average molecular weight is 429 g/mol. The molecule has 0 heterocycles. The van der Waals surface area contributed by atoms with Crippen LogP contribution in [-0.4, -0.2) is 0 Å². The van der Waals surface area contributed by atoms with Gasteiger partial charge >= 0.3 is 0 Å². The Morgan fingerprint density at radius 3 is 1.41 bits per heavy atom. The van der Waals surface area contributed by atoms with Crippen LogP contribution in [-0.2, 0) is 0 Å². The summed E-state index contributed by atoms with van der Waals surface area (Å²) in [7, 11) is 0. The van der Waals surface area contributed by atoms with E-state index in [0.717, 1.165) is 44.2 Å². The van der Waals surface area contributed by atoms with Crippen LogP contribution in [0.4, 0.5) is 0 Å². The second-order valence-electron chi connectivity index (χ2n) is 7.77. The van der Waals surface area contributed by atoms with Crippen molar-refractivity contribution in [2.24, 2.45) is 0 Å². The lowest BCUT2D eigenvalue weighted by Crippen LogP contribution is -1.89. The topological polar surface area (TPSA) is 0 Å². The molecule has 0 heteroatoms. The van der Waals surface area contributed by atoms with Crippen molar-refractivity contribution in [1.82, 2.24) is 0 Å². The summed E-state index contributed by atoms with van der Waals surface area (Å²) in [5, 5.41) is 2.18. The average Bonchev–Trinajstić information content (AvgIpc) is 2.91. The molecule has 5 aromatic rings. The minimum Gasteiger partial charge on any atom is -0.0622 e. The highest BCUT2D eigenvalue weighted by Gasteiger charge is 2.06. The molecule has 5 rings (SSSR count). The normalized spacial score (nSPS) is 9.65. The van der Waals surface area contributed by atoms with Crippen LogP contribution >= 0.6 is 0 Å². The van der Waals surface area contributed by atoms with Gasteiger partial charge < -0.3 is 0 Å². The lowest BCUT2D eigenvalue weighted by atomic mass is 9.97. The van der Waals surface area contributed by atoms with Crippen molar-refractivity contribution in [3.63, 3.8) is 0 Å². The van der Waals surface area contributed by atoms with Gasteiger partial charge in [-0.15, -0.1) is 0 Å². The summed E-state index contributed by atoms with van der Waals surface area (Å²) in [6, 6.07) is 40.5.